The van der Waals surface area contributed by atoms with Crippen molar-refractivity contribution in [2.75, 3.05) is 23.8 Å². The summed E-state index contributed by atoms with van der Waals surface area (Å²) >= 11 is 3.33. The molecule has 0 aliphatic heterocycles. The summed E-state index contributed by atoms with van der Waals surface area (Å²) in [5.74, 6) is -0.511. The van der Waals surface area contributed by atoms with Gasteiger partial charge in [0.1, 0.15) is 6.54 Å². The van der Waals surface area contributed by atoms with E-state index >= 15 is 0 Å². The van der Waals surface area contributed by atoms with Gasteiger partial charge in [-0.1, -0.05) is 15.9 Å². The van der Waals surface area contributed by atoms with Gasteiger partial charge >= 0.3 is 5.97 Å². The highest BCUT2D eigenvalue weighted by molar-refractivity contribution is 9.10. The average molecular weight is 315 g/mol. The van der Waals surface area contributed by atoms with Crippen molar-refractivity contribution in [1.82, 2.24) is 0 Å². The van der Waals surface area contributed by atoms with E-state index in [4.69, 9.17) is 4.74 Å². The zero-order chi connectivity index (χ0) is 13.5. The van der Waals surface area contributed by atoms with Gasteiger partial charge in [-0.15, -0.1) is 0 Å². The van der Waals surface area contributed by atoms with Crippen molar-refractivity contribution in [2.45, 2.75) is 13.8 Å². The molecule has 2 N–H and O–H groups in total. The maximum atomic E-state index is 11.3. The van der Waals surface area contributed by atoms with E-state index in [0.29, 0.717) is 18.0 Å². The molecule has 0 atom stereocenters. The molecule has 0 unspecified atom stereocenters. The molecule has 0 bridgehead atoms. The molecule has 0 aromatic heterocycles. The summed E-state index contributed by atoms with van der Waals surface area (Å²) in [4.78, 5) is 22.3. The lowest BCUT2D eigenvalue weighted by atomic mass is 10.2. The molecule has 0 aliphatic rings. The predicted octanol–water partition coefficient (Wildman–Crippen LogP) is 2.38. The topological polar surface area (TPSA) is 67.4 Å². The quantitative estimate of drug-likeness (QED) is 0.819. The summed E-state index contributed by atoms with van der Waals surface area (Å²) in [5.41, 5.74) is 1.28. The van der Waals surface area contributed by atoms with Crippen LogP contribution in [0, 0.1) is 0 Å². The van der Waals surface area contributed by atoms with Crippen LogP contribution in [0.2, 0.25) is 0 Å². The summed E-state index contributed by atoms with van der Waals surface area (Å²) in [6, 6.07) is 5.34. The molecule has 6 heteroatoms. The van der Waals surface area contributed by atoms with Gasteiger partial charge < -0.3 is 15.4 Å². The number of rotatable bonds is 5. The fourth-order valence-corrected chi connectivity index (χ4v) is 1.70. The Morgan fingerprint density at radius 2 is 2.06 bits per heavy atom. The first kappa shape index (κ1) is 14.5. The van der Waals surface area contributed by atoms with Gasteiger partial charge in [-0.2, -0.15) is 0 Å². The maximum Gasteiger partial charge on any atom is 0.325 e. The minimum absolute atomic E-state index is 0.0525. The number of hydrogen-bond donors (Lipinski definition) is 2. The second kappa shape index (κ2) is 7.00. The van der Waals surface area contributed by atoms with E-state index in [1.54, 1.807) is 25.1 Å². The molecule has 1 amide bonds. The van der Waals surface area contributed by atoms with Crippen molar-refractivity contribution in [3.05, 3.63) is 22.7 Å². The average Bonchev–Trinajstić information content (AvgIpc) is 2.29. The maximum absolute atomic E-state index is 11.3. The van der Waals surface area contributed by atoms with E-state index in [1.165, 1.54) is 6.92 Å². The lowest BCUT2D eigenvalue weighted by Gasteiger charge is -2.12. The molecule has 0 radical (unpaired) electrons. The fraction of sp³-hybridized carbons (Fsp3) is 0.333. The van der Waals surface area contributed by atoms with Crippen molar-refractivity contribution in [3.63, 3.8) is 0 Å². The molecule has 1 rings (SSSR count). The number of nitrogens with one attached hydrogen (secondary N) is 2. The van der Waals surface area contributed by atoms with Crippen molar-refractivity contribution >= 4 is 39.2 Å². The molecule has 1 aromatic rings. The van der Waals surface area contributed by atoms with Crippen LogP contribution >= 0.6 is 15.9 Å². The van der Waals surface area contributed by atoms with Crippen LogP contribution in [0.25, 0.3) is 0 Å². The summed E-state index contributed by atoms with van der Waals surface area (Å²) in [6.45, 7) is 3.57. The third kappa shape index (κ3) is 4.75. The Morgan fingerprint density at radius 1 is 1.33 bits per heavy atom. The molecule has 18 heavy (non-hydrogen) atoms. The van der Waals surface area contributed by atoms with E-state index in [1.807, 2.05) is 0 Å². The molecule has 5 nitrogen and oxygen atoms in total. The first-order valence-corrected chi connectivity index (χ1v) is 6.29. The molecule has 1 aromatic carbocycles. The summed E-state index contributed by atoms with van der Waals surface area (Å²) < 4.78 is 5.66. The van der Waals surface area contributed by atoms with E-state index in [2.05, 4.69) is 26.6 Å². The fourth-order valence-electron chi connectivity index (χ4n) is 1.34. The Labute approximate surface area is 114 Å². The minimum atomic E-state index is -0.341. The van der Waals surface area contributed by atoms with Crippen LogP contribution in [0.3, 0.4) is 0 Å². The largest absolute Gasteiger partial charge is 0.465 e. The van der Waals surface area contributed by atoms with Crippen LogP contribution in [0.15, 0.2) is 22.7 Å². The number of carbonyl (C=O) groups excluding carboxylic acids is 2. The predicted molar refractivity (Wildman–Crippen MR) is 73.6 cm³/mol. The van der Waals surface area contributed by atoms with Crippen LogP contribution in [0.4, 0.5) is 11.4 Å². The van der Waals surface area contributed by atoms with E-state index in [-0.39, 0.29) is 18.4 Å². The van der Waals surface area contributed by atoms with Gasteiger partial charge in [0, 0.05) is 11.4 Å². The van der Waals surface area contributed by atoms with E-state index in [0.717, 1.165) is 4.47 Å². The molecule has 0 fully saturated rings. The van der Waals surface area contributed by atoms with Crippen LogP contribution in [-0.4, -0.2) is 25.0 Å². The normalized spacial score (nSPS) is 9.72. The van der Waals surface area contributed by atoms with E-state index in [9.17, 15) is 9.59 Å². The van der Waals surface area contributed by atoms with Crippen LogP contribution in [0.5, 0.6) is 0 Å². The second-order valence-electron chi connectivity index (χ2n) is 3.53. The molecule has 98 valence electrons. The van der Waals surface area contributed by atoms with Gasteiger partial charge in [0.05, 0.1) is 18.0 Å². The van der Waals surface area contributed by atoms with Gasteiger partial charge in [-0.05, 0) is 25.1 Å². The summed E-state index contributed by atoms with van der Waals surface area (Å²) in [6.07, 6.45) is 0. The number of benzene rings is 1. The SMILES string of the molecule is CCOC(=O)CNc1cc(Br)ccc1NC(C)=O. The van der Waals surface area contributed by atoms with Crippen molar-refractivity contribution in [2.24, 2.45) is 0 Å². The van der Waals surface area contributed by atoms with Crippen LogP contribution in [-0.2, 0) is 14.3 Å². The standard InChI is InChI=1S/C12H15BrN2O3/c1-3-18-12(17)7-14-11-6-9(13)4-5-10(11)15-8(2)16/h4-6,14H,3,7H2,1-2H3,(H,15,16). The van der Waals surface area contributed by atoms with Crippen molar-refractivity contribution in [3.8, 4) is 0 Å². The highest BCUT2D eigenvalue weighted by Gasteiger charge is 2.07. The Kier molecular flexibility index (Phi) is 5.64. The van der Waals surface area contributed by atoms with Crippen molar-refractivity contribution in [1.29, 1.82) is 0 Å². The molecule has 0 saturated heterocycles. The second-order valence-corrected chi connectivity index (χ2v) is 4.45. The lowest BCUT2D eigenvalue weighted by molar-refractivity contribution is -0.140. The highest BCUT2D eigenvalue weighted by atomic mass is 79.9. The zero-order valence-corrected chi connectivity index (χ0v) is 11.8. The molecule has 0 heterocycles. The first-order valence-electron chi connectivity index (χ1n) is 5.49. The number of halogens is 1. The monoisotopic (exact) mass is 314 g/mol. The van der Waals surface area contributed by atoms with Crippen LogP contribution in [0.1, 0.15) is 13.8 Å². The molecular weight excluding hydrogens is 300 g/mol. The number of ether oxygens (including phenoxy) is 1. The number of amides is 1. The number of anilines is 2. The molecule has 0 saturated carbocycles. The number of carbonyl (C=O) groups is 2. The smallest absolute Gasteiger partial charge is 0.325 e. The third-order valence-corrected chi connectivity index (χ3v) is 2.51. The number of esters is 1. The summed E-state index contributed by atoms with van der Waals surface area (Å²) in [7, 11) is 0. The van der Waals surface area contributed by atoms with Gasteiger partial charge in [-0.3, -0.25) is 9.59 Å². The molecule has 0 spiro atoms. The Bertz CT molecular complexity index is 449. The zero-order valence-electron chi connectivity index (χ0n) is 10.2. The Hall–Kier alpha value is -1.56. The minimum Gasteiger partial charge on any atom is -0.465 e. The van der Waals surface area contributed by atoms with Gasteiger partial charge in [-0.25, -0.2) is 0 Å². The number of hydrogen-bond acceptors (Lipinski definition) is 4. The third-order valence-electron chi connectivity index (χ3n) is 2.02. The first-order chi connectivity index (χ1) is 8.52. The van der Waals surface area contributed by atoms with Crippen molar-refractivity contribution < 1.29 is 14.3 Å². The van der Waals surface area contributed by atoms with Crippen LogP contribution < -0.4 is 10.6 Å². The molecular formula is C12H15BrN2O3. The Morgan fingerprint density at radius 3 is 2.67 bits per heavy atom. The van der Waals surface area contributed by atoms with Gasteiger partial charge in [0.15, 0.2) is 0 Å². The highest BCUT2D eigenvalue weighted by Crippen LogP contribution is 2.25. The van der Waals surface area contributed by atoms with Gasteiger partial charge in [0.2, 0.25) is 5.91 Å². The molecule has 0 aliphatic carbocycles. The van der Waals surface area contributed by atoms with Gasteiger partial charge in [0.25, 0.3) is 0 Å². The van der Waals surface area contributed by atoms with E-state index < -0.39 is 0 Å². The lowest BCUT2D eigenvalue weighted by Crippen LogP contribution is -2.18. The Balaban J connectivity index is 2.75. The summed E-state index contributed by atoms with van der Waals surface area (Å²) in [5, 5.41) is 5.61.